The quantitative estimate of drug-likeness (QED) is 0.799. The number of aliphatic hydroxyl groups excluding tert-OH is 1. The highest BCUT2D eigenvalue weighted by atomic mass is 16.3. The summed E-state index contributed by atoms with van der Waals surface area (Å²) in [6.45, 7) is 4.46. The van der Waals surface area contributed by atoms with E-state index in [0.29, 0.717) is 5.91 Å². The number of amides is 1. The Balaban J connectivity index is 1.64. The van der Waals surface area contributed by atoms with Crippen LogP contribution in [0.15, 0.2) is 0 Å². The average Bonchev–Trinajstić information content (AvgIpc) is 2.90. The van der Waals surface area contributed by atoms with Crippen molar-refractivity contribution in [3.05, 3.63) is 0 Å². The van der Waals surface area contributed by atoms with Crippen LogP contribution >= 0.6 is 0 Å². The largest absolute Gasteiger partial charge is 0.395 e. The molecule has 0 aromatic carbocycles. The number of hydrogen-bond donors (Lipinski definition) is 1. The first-order valence-corrected chi connectivity index (χ1v) is 7.40. The van der Waals surface area contributed by atoms with Crippen molar-refractivity contribution in [2.24, 2.45) is 5.92 Å². The summed E-state index contributed by atoms with van der Waals surface area (Å²) in [4.78, 5) is 16.3. The van der Waals surface area contributed by atoms with Gasteiger partial charge in [0.1, 0.15) is 0 Å². The Labute approximate surface area is 110 Å². The third kappa shape index (κ3) is 3.95. The molecule has 0 bridgehead atoms. The predicted octanol–water partition coefficient (Wildman–Crippen LogP) is 1.09. The maximum Gasteiger partial charge on any atom is 0.222 e. The van der Waals surface area contributed by atoms with Gasteiger partial charge in [0.15, 0.2) is 0 Å². The molecule has 18 heavy (non-hydrogen) atoms. The second-order valence-electron chi connectivity index (χ2n) is 5.64. The van der Waals surface area contributed by atoms with Crippen LogP contribution in [0.3, 0.4) is 0 Å². The van der Waals surface area contributed by atoms with Crippen molar-refractivity contribution < 1.29 is 9.90 Å². The van der Waals surface area contributed by atoms with Crippen LogP contribution in [-0.2, 0) is 4.79 Å². The van der Waals surface area contributed by atoms with Gasteiger partial charge in [0.05, 0.1) is 6.61 Å². The molecule has 0 radical (unpaired) electrons. The fourth-order valence-electron chi connectivity index (χ4n) is 3.15. The first-order chi connectivity index (χ1) is 8.79. The fraction of sp³-hybridized carbons (Fsp3) is 0.929. The number of carbonyl (C=O) groups excluding carboxylic acids is 1. The molecule has 0 aromatic heterocycles. The molecule has 1 aliphatic heterocycles. The van der Waals surface area contributed by atoms with Gasteiger partial charge in [0.2, 0.25) is 5.91 Å². The van der Waals surface area contributed by atoms with Crippen LogP contribution in [0.1, 0.15) is 38.5 Å². The molecule has 0 aromatic rings. The number of β-amino-alcohol motifs (C(OH)–C–C–N with tert-alkyl or cyclic N) is 1. The molecule has 2 aliphatic rings. The minimum Gasteiger partial charge on any atom is -0.395 e. The summed E-state index contributed by atoms with van der Waals surface area (Å²) >= 11 is 0. The monoisotopic (exact) mass is 254 g/mol. The standard InChI is InChI=1S/C14H26N2O2/c17-12-11-15-7-9-16(10-8-15)14(18)6-5-13-3-1-2-4-13/h13,17H,1-12H2. The molecule has 2 rings (SSSR count). The van der Waals surface area contributed by atoms with Crippen LogP contribution in [0.4, 0.5) is 0 Å². The van der Waals surface area contributed by atoms with Gasteiger partial charge in [0.25, 0.3) is 0 Å². The summed E-state index contributed by atoms with van der Waals surface area (Å²) in [6.07, 6.45) is 7.22. The summed E-state index contributed by atoms with van der Waals surface area (Å²) in [7, 11) is 0. The minimum atomic E-state index is 0.218. The van der Waals surface area contributed by atoms with Crippen molar-refractivity contribution in [1.82, 2.24) is 9.80 Å². The van der Waals surface area contributed by atoms with Crippen molar-refractivity contribution in [1.29, 1.82) is 0 Å². The Morgan fingerprint density at radius 2 is 1.78 bits per heavy atom. The Morgan fingerprint density at radius 3 is 2.39 bits per heavy atom. The molecule has 0 spiro atoms. The van der Waals surface area contributed by atoms with E-state index >= 15 is 0 Å². The molecular weight excluding hydrogens is 228 g/mol. The number of carbonyl (C=O) groups is 1. The molecule has 104 valence electrons. The van der Waals surface area contributed by atoms with Crippen molar-refractivity contribution in [3.63, 3.8) is 0 Å². The minimum absolute atomic E-state index is 0.218. The Hall–Kier alpha value is -0.610. The summed E-state index contributed by atoms with van der Waals surface area (Å²) in [5.74, 6) is 1.15. The average molecular weight is 254 g/mol. The number of rotatable bonds is 5. The van der Waals surface area contributed by atoms with E-state index in [0.717, 1.165) is 51.5 Å². The van der Waals surface area contributed by atoms with Gasteiger partial charge in [-0.2, -0.15) is 0 Å². The highest BCUT2D eigenvalue weighted by molar-refractivity contribution is 5.76. The van der Waals surface area contributed by atoms with Gasteiger partial charge in [-0.15, -0.1) is 0 Å². The van der Waals surface area contributed by atoms with E-state index in [4.69, 9.17) is 5.11 Å². The van der Waals surface area contributed by atoms with Crippen LogP contribution < -0.4 is 0 Å². The maximum atomic E-state index is 12.1. The molecule has 1 amide bonds. The van der Waals surface area contributed by atoms with Gasteiger partial charge in [-0.3, -0.25) is 9.69 Å². The van der Waals surface area contributed by atoms with Crippen LogP contribution in [0.25, 0.3) is 0 Å². The first kappa shape index (κ1) is 13.8. The van der Waals surface area contributed by atoms with Crippen molar-refractivity contribution in [2.45, 2.75) is 38.5 Å². The second-order valence-corrected chi connectivity index (χ2v) is 5.64. The Bertz CT molecular complexity index is 257. The number of aliphatic hydroxyl groups is 1. The smallest absolute Gasteiger partial charge is 0.222 e. The summed E-state index contributed by atoms with van der Waals surface area (Å²) in [5.41, 5.74) is 0. The molecule has 2 fully saturated rings. The van der Waals surface area contributed by atoms with E-state index in [9.17, 15) is 4.79 Å². The van der Waals surface area contributed by atoms with Crippen molar-refractivity contribution in [2.75, 3.05) is 39.3 Å². The lowest BCUT2D eigenvalue weighted by Crippen LogP contribution is -2.49. The van der Waals surface area contributed by atoms with E-state index in [1.807, 2.05) is 4.90 Å². The summed E-state index contributed by atoms with van der Waals surface area (Å²) in [6, 6.07) is 0. The van der Waals surface area contributed by atoms with Crippen molar-refractivity contribution >= 4 is 5.91 Å². The third-order valence-electron chi connectivity index (χ3n) is 4.38. The number of nitrogens with zero attached hydrogens (tertiary/aromatic N) is 2. The number of hydrogen-bond acceptors (Lipinski definition) is 3. The highest BCUT2D eigenvalue weighted by Gasteiger charge is 2.22. The Morgan fingerprint density at radius 1 is 1.11 bits per heavy atom. The number of piperazine rings is 1. The lowest BCUT2D eigenvalue weighted by atomic mass is 10.0. The molecule has 1 heterocycles. The molecule has 4 heteroatoms. The highest BCUT2D eigenvalue weighted by Crippen LogP contribution is 2.28. The van der Waals surface area contributed by atoms with E-state index in [-0.39, 0.29) is 6.61 Å². The lowest BCUT2D eigenvalue weighted by Gasteiger charge is -2.34. The molecule has 1 saturated carbocycles. The van der Waals surface area contributed by atoms with Crippen LogP contribution in [0, 0.1) is 5.92 Å². The van der Waals surface area contributed by atoms with E-state index < -0.39 is 0 Å². The van der Waals surface area contributed by atoms with E-state index in [2.05, 4.69) is 4.90 Å². The zero-order chi connectivity index (χ0) is 12.8. The second kappa shape index (κ2) is 7.10. The van der Waals surface area contributed by atoms with Crippen LogP contribution in [0.2, 0.25) is 0 Å². The third-order valence-corrected chi connectivity index (χ3v) is 4.38. The van der Waals surface area contributed by atoms with E-state index in [1.54, 1.807) is 0 Å². The van der Waals surface area contributed by atoms with Gasteiger partial charge in [-0.1, -0.05) is 25.7 Å². The van der Waals surface area contributed by atoms with Gasteiger partial charge >= 0.3 is 0 Å². The van der Waals surface area contributed by atoms with Gasteiger partial charge in [-0.25, -0.2) is 0 Å². The fourth-order valence-corrected chi connectivity index (χ4v) is 3.15. The van der Waals surface area contributed by atoms with Crippen molar-refractivity contribution in [3.8, 4) is 0 Å². The lowest BCUT2D eigenvalue weighted by molar-refractivity contribution is -0.133. The SMILES string of the molecule is O=C(CCC1CCCC1)N1CCN(CCO)CC1. The van der Waals surface area contributed by atoms with Gasteiger partial charge < -0.3 is 10.0 Å². The molecule has 0 atom stereocenters. The van der Waals surface area contributed by atoms with E-state index in [1.165, 1.54) is 25.7 Å². The molecule has 1 saturated heterocycles. The van der Waals surface area contributed by atoms with Gasteiger partial charge in [-0.05, 0) is 12.3 Å². The molecular formula is C14H26N2O2. The summed E-state index contributed by atoms with van der Waals surface area (Å²) in [5, 5.41) is 8.88. The zero-order valence-corrected chi connectivity index (χ0v) is 11.3. The zero-order valence-electron chi connectivity index (χ0n) is 11.3. The topological polar surface area (TPSA) is 43.8 Å². The molecule has 1 aliphatic carbocycles. The molecule has 1 N–H and O–H groups in total. The summed E-state index contributed by atoms with van der Waals surface area (Å²) < 4.78 is 0. The molecule has 4 nitrogen and oxygen atoms in total. The predicted molar refractivity (Wildman–Crippen MR) is 71.3 cm³/mol. The Kier molecular flexibility index (Phi) is 5.45. The first-order valence-electron chi connectivity index (χ1n) is 7.40. The normalized spacial score (nSPS) is 22.6. The molecule has 0 unspecified atom stereocenters. The maximum absolute atomic E-state index is 12.1. The van der Waals surface area contributed by atoms with Gasteiger partial charge in [0, 0.05) is 39.1 Å². The van der Waals surface area contributed by atoms with Crippen LogP contribution in [-0.4, -0.2) is 60.1 Å². The van der Waals surface area contributed by atoms with Crippen LogP contribution in [0.5, 0.6) is 0 Å².